The minimum atomic E-state index is 0.627. The van der Waals surface area contributed by atoms with Gasteiger partial charge in [-0.05, 0) is 48.1 Å². The molecule has 1 fully saturated rings. The normalized spacial score (nSPS) is 27.7. The highest BCUT2D eigenvalue weighted by molar-refractivity contribution is 5.24. The molecule has 1 aromatic rings. The first-order valence-corrected chi connectivity index (χ1v) is 7.86. The van der Waals surface area contributed by atoms with Crippen LogP contribution in [-0.2, 0) is 6.54 Å². The van der Waals surface area contributed by atoms with Crippen molar-refractivity contribution >= 4 is 0 Å². The number of hydrogen-bond acceptors (Lipinski definition) is 1. The van der Waals surface area contributed by atoms with Gasteiger partial charge in [0.15, 0.2) is 0 Å². The predicted molar refractivity (Wildman–Crippen MR) is 83.3 cm³/mol. The number of nitrogens with one attached hydrogen (secondary N) is 1. The third-order valence-corrected chi connectivity index (χ3v) is 4.42. The van der Waals surface area contributed by atoms with Crippen molar-refractivity contribution in [1.29, 1.82) is 0 Å². The molecule has 1 nitrogen and oxygen atoms in total. The monoisotopic (exact) mass is 259 g/mol. The highest BCUT2D eigenvalue weighted by Crippen LogP contribution is 2.28. The average molecular weight is 259 g/mol. The summed E-state index contributed by atoms with van der Waals surface area (Å²) >= 11 is 0. The fourth-order valence-electron chi connectivity index (χ4n) is 3.40. The molecule has 1 heteroatoms. The largest absolute Gasteiger partial charge is 0.310 e. The SMILES string of the molecule is CC1CC(C)CC(NCc2ccc(C(C)C)cc2)C1. The second-order valence-electron chi connectivity index (χ2n) is 6.89. The van der Waals surface area contributed by atoms with Gasteiger partial charge in [-0.15, -0.1) is 0 Å². The van der Waals surface area contributed by atoms with Crippen LogP contribution in [0.3, 0.4) is 0 Å². The summed E-state index contributed by atoms with van der Waals surface area (Å²) in [4.78, 5) is 0. The van der Waals surface area contributed by atoms with Gasteiger partial charge >= 0.3 is 0 Å². The first-order chi connectivity index (χ1) is 9.04. The zero-order valence-electron chi connectivity index (χ0n) is 12.9. The van der Waals surface area contributed by atoms with Gasteiger partial charge in [-0.2, -0.15) is 0 Å². The maximum atomic E-state index is 3.75. The van der Waals surface area contributed by atoms with Crippen molar-refractivity contribution in [1.82, 2.24) is 5.32 Å². The molecule has 1 N–H and O–H groups in total. The average Bonchev–Trinajstić information content (AvgIpc) is 2.36. The van der Waals surface area contributed by atoms with Crippen LogP contribution in [0.15, 0.2) is 24.3 Å². The molecule has 2 atom stereocenters. The molecule has 0 amide bonds. The molecule has 0 heterocycles. The summed E-state index contributed by atoms with van der Waals surface area (Å²) in [5.74, 6) is 2.39. The van der Waals surface area contributed by atoms with Crippen LogP contribution in [0.5, 0.6) is 0 Å². The van der Waals surface area contributed by atoms with E-state index in [1.165, 1.54) is 30.4 Å². The van der Waals surface area contributed by atoms with Gasteiger partial charge in [-0.1, -0.05) is 52.0 Å². The van der Waals surface area contributed by atoms with Crippen LogP contribution < -0.4 is 5.32 Å². The van der Waals surface area contributed by atoms with E-state index >= 15 is 0 Å². The maximum absolute atomic E-state index is 3.75. The Bertz CT molecular complexity index is 369. The molecule has 1 aliphatic carbocycles. The topological polar surface area (TPSA) is 12.0 Å². The minimum Gasteiger partial charge on any atom is -0.310 e. The zero-order chi connectivity index (χ0) is 13.8. The lowest BCUT2D eigenvalue weighted by Crippen LogP contribution is -2.35. The Morgan fingerprint density at radius 1 is 1.00 bits per heavy atom. The highest BCUT2D eigenvalue weighted by atomic mass is 14.9. The molecule has 0 spiro atoms. The first-order valence-electron chi connectivity index (χ1n) is 7.86. The standard InChI is InChI=1S/C18H29N/c1-13(2)17-7-5-16(6-8-17)12-19-18-10-14(3)9-15(4)11-18/h5-8,13-15,18-19H,9-12H2,1-4H3. The summed E-state index contributed by atoms with van der Waals surface area (Å²) in [6.45, 7) is 10.3. The Balaban J connectivity index is 1.84. The molecule has 0 radical (unpaired) electrons. The molecule has 1 saturated carbocycles. The van der Waals surface area contributed by atoms with E-state index in [4.69, 9.17) is 0 Å². The molecule has 0 saturated heterocycles. The molecule has 19 heavy (non-hydrogen) atoms. The molecule has 0 aromatic heterocycles. The summed E-state index contributed by atoms with van der Waals surface area (Å²) in [5.41, 5.74) is 2.85. The summed E-state index contributed by atoms with van der Waals surface area (Å²) < 4.78 is 0. The van der Waals surface area contributed by atoms with Crippen LogP contribution in [0.25, 0.3) is 0 Å². The van der Waals surface area contributed by atoms with Gasteiger partial charge in [0.2, 0.25) is 0 Å². The van der Waals surface area contributed by atoms with Crippen LogP contribution in [-0.4, -0.2) is 6.04 Å². The highest BCUT2D eigenvalue weighted by Gasteiger charge is 2.23. The summed E-state index contributed by atoms with van der Waals surface area (Å²) in [6, 6.07) is 9.81. The van der Waals surface area contributed by atoms with Crippen LogP contribution in [0.4, 0.5) is 0 Å². The van der Waals surface area contributed by atoms with Crippen molar-refractivity contribution < 1.29 is 0 Å². The summed E-state index contributed by atoms with van der Waals surface area (Å²) in [7, 11) is 0. The van der Waals surface area contributed by atoms with Gasteiger partial charge in [-0.25, -0.2) is 0 Å². The van der Waals surface area contributed by atoms with E-state index in [-0.39, 0.29) is 0 Å². The molecular formula is C18H29N. The lowest BCUT2D eigenvalue weighted by Gasteiger charge is -2.32. The smallest absolute Gasteiger partial charge is 0.0208 e. The molecule has 0 aliphatic heterocycles. The molecule has 1 aromatic carbocycles. The molecule has 0 bridgehead atoms. The van der Waals surface area contributed by atoms with E-state index < -0.39 is 0 Å². The van der Waals surface area contributed by atoms with Gasteiger partial charge < -0.3 is 5.32 Å². The van der Waals surface area contributed by atoms with Gasteiger partial charge in [-0.3, -0.25) is 0 Å². The van der Waals surface area contributed by atoms with Gasteiger partial charge in [0, 0.05) is 12.6 Å². The van der Waals surface area contributed by atoms with E-state index in [1.807, 2.05) is 0 Å². The van der Waals surface area contributed by atoms with Crippen LogP contribution in [0, 0.1) is 11.8 Å². The molecule has 1 aliphatic rings. The number of benzene rings is 1. The Labute approximate surface area is 118 Å². The van der Waals surface area contributed by atoms with Crippen molar-refractivity contribution in [3.05, 3.63) is 35.4 Å². The number of hydrogen-bond donors (Lipinski definition) is 1. The minimum absolute atomic E-state index is 0.627. The van der Waals surface area contributed by atoms with E-state index in [0.717, 1.165) is 18.4 Å². The van der Waals surface area contributed by atoms with Gasteiger partial charge in [0.25, 0.3) is 0 Å². The third kappa shape index (κ3) is 4.35. The summed E-state index contributed by atoms with van der Waals surface area (Å²) in [6.07, 6.45) is 4.09. The fraction of sp³-hybridized carbons (Fsp3) is 0.667. The molecule has 2 rings (SSSR count). The van der Waals surface area contributed by atoms with Crippen LogP contribution in [0.2, 0.25) is 0 Å². The van der Waals surface area contributed by atoms with Crippen LogP contribution in [0.1, 0.15) is 64.0 Å². The Hall–Kier alpha value is -0.820. The fourth-order valence-corrected chi connectivity index (χ4v) is 3.40. The van der Waals surface area contributed by atoms with Crippen molar-refractivity contribution in [2.45, 2.75) is 65.5 Å². The van der Waals surface area contributed by atoms with Crippen molar-refractivity contribution in [2.75, 3.05) is 0 Å². The second kappa shape index (κ2) is 6.56. The van der Waals surface area contributed by atoms with Crippen molar-refractivity contribution in [3.8, 4) is 0 Å². The predicted octanol–water partition coefficient (Wildman–Crippen LogP) is 4.72. The van der Waals surface area contributed by atoms with Crippen molar-refractivity contribution in [2.24, 2.45) is 11.8 Å². The quantitative estimate of drug-likeness (QED) is 0.824. The zero-order valence-corrected chi connectivity index (χ0v) is 12.9. The van der Waals surface area contributed by atoms with E-state index in [2.05, 4.69) is 57.3 Å². The number of rotatable bonds is 4. The Morgan fingerprint density at radius 2 is 1.58 bits per heavy atom. The lowest BCUT2D eigenvalue weighted by atomic mass is 9.80. The van der Waals surface area contributed by atoms with Gasteiger partial charge in [0.05, 0.1) is 0 Å². The van der Waals surface area contributed by atoms with E-state index in [0.29, 0.717) is 12.0 Å². The summed E-state index contributed by atoms with van der Waals surface area (Å²) in [5, 5.41) is 3.75. The molecule has 106 valence electrons. The first kappa shape index (κ1) is 14.6. The lowest BCUT2D eigenvalue weighted by molar-refractivity contribution is 0.238. The third-order valence-electron chi connectivity index (χ3n) is 4.42. The maximum Gasteiger partial charge on any atom is 0.0208 e. The van der Waals surface area contributed by atoms with Crippen LogP contribution >= 0.6 is 0 Å². The Morgan fingerprint density at radius 3 is 2.11 bits per heavy atom. The van der Waals surface area contributed by atoms with E-state index in [1.54, 1.807) is 0 Å². The second-order valence-corrected chi connectivity index (χ2v) is 6.89. The van der Waals surface area contributed by atoms with Crippen molar-refractivity contribution in [3.63, 3.8) is 0 Å². The van der Waals surface area contributed by atoms with E-state index in [9.17, 15) is 0 Å². The molecular weight excluding hydrogens is 230 g/mol. The Kier molecular flexibility index (Phi) is 5.04. The van der Waals surface area contributed by atoms with Gasteiger partial charge in [0.1, 0.15) is 0 Å². The molecule has 2 unspecified atom stereocenters.